The van der Waals surface area contributed by atoms with E-state index in [0.29, 0.717) is 40.8 Å². The van der Waals surface area contributed by atoms with Gasteiger partial charge in [-0.25, -0.2) is 4.79 Å². The Balaban J connectivity index is 1.30. The van der Waals surface area contributed by atoms with Crippen LogP contribution in [0.1, 0.15) is 29.8 Å². The predicted octanol–water partition coefficient (Wildman–Crippen LogP) is 6.29. The van der Waals surface area contributed by atoms with Crippen LogP contribution in [0.2, 0.25) is 5.02 Å². The molecule has 8 nitrogen and oxygen atoms in total. The lowest BCUT2D eigenvalue weighted by molar-refractivity contribution is -0.149. The van der Waals surface area contributed by atoms with E-state index in [1.165, 1.54) is 7.11 Å². The molecule has 2 N–H and O–H groups in total. The molecular weight excluding hydrogens is 518 g/mol. The maximum absolute atomic E-state index is 12.7. The Morgan fingerprint density at radius 2 is 1.62 bits per heavy atom. The summed E-state index contributed by atoms with van der Waals surface area (Å²) in [5, 5.41) is 10.5. The SMILES string of the molecule is COC(=O)C1(c2ccc(-c3ccc(-c4onc(C)c4NC(=O)OC(C)c4ccccc4Cl)cc3)cc2)CNC1. The van der Waals surface area contributed by atoms with Crippen LogP contribution in [0.25, 0.3) is 22.5 Å². The lowest BCUT2D eigenvalue weighted by Crippen LogP contribution is -2.61. The van der Waals surface area contributed by atoms with E-state index in [0.717, 1.165) is 22.3 Å². The Bertz CT molecular complexity index is 1490. The Morgan fingerprint density at radius 1 is 1.00 bits per heavy atom. The Labute approximate surface area is 231 Å². The standard InChI is InChI=1S/C30H28ClN3O5/c1-18-26(33-29(36)38-19(2)24-6-4-5-7-25(24)31)27(39-34-18)22-10-8-20(9-11-22)21-12-14-23(15-13-21)30(16-32-17-30)28(35)37-3/h4-15,19,32H,16-17H2,1-3H3,(H,33,36). The van der Waals surface area contributed by atoms with Crippen molar-refractivity contribution >= 4 is 29.4 Å². The van der Waals surface area contributed by atoms with Crippen molar-refractivity contribution in [2.75, 3.05) is 25.5 Å². The Hall–Kier alpha value is -4.14. The first-order valence-corrected chi connectivity index (χ1v) is 12.9. The van der Waals surface area contributed by atoms with Crippen molar-refractivity contribution < 1.29 is 23.6 Å². The number of rotatable bonds is 7. The zero-order valence-corrected chi connectivity index (χ0v) is 22.5. The molecule has 1 saturated heterocycles. The molecule has 1 aliphatic heterocycles. The maximum Gasteiger partial charge on any atom is 0.412 e. The van der Waals surface area contributed by atoms with Crippen LogP contribution in [0.3, 0.4) is 0 Å². The average Bonchev–Trinajstić information content (AvgIpc) is 3.28. The number of carbonyl (C=O) groups is 2. The molecule has 2 heterocycles. The van der Waals surface area contributed by atoms with Crippen LogP contribution in [-0.4, -0.2) is 37.4 Å². The van der Waals surface area contributed by atoms with Gasteiger partial charge in [-0.2, -0.15) is 0 Å². The molecule has 1 fully saturated rings. The van der Waals surface area contributed by atoms with Crippen molar-refractivity contribution in [3.8, 4) is 22.5 Å². The van der Waals surface area contributed by atoms with Crippen molar-refractivity contribution in [1.29, 1.82) is 0 Å². The third kappa shape index (κ3) is 5.13. The van der Waals surface area contributed by atoms with Gasteiger partial charge in [-0.05, 0) is 36.6 Å². The number of esters is 1. The largest absolute Gasteiger partial charge is 0.468 e. The van der Waals surface area contributed by atoms with E-state index in [2.05, 4.69) is 15.8 Å². The number of amides is 1. The third-order valence-corrected chi connectivity index (χ3v) is 7.41. The average molecular weight is 546 g/mol. The van der Waals surface area contributed by atoms with Gasteiger partial charge in [-0.15, -0.1) is 0 Å². The minimum absolute atomic E-state index is 0.229. The van der Waals surface area contributed by atoms with Gasteiger partial charge in [0.05, 0.1) is 7.11 Å². The zero-order chi connectivity index (χ0) is 27.6. The number of carbonyl (C=O) groups excluding carboxylic acids is 2. The van der Waals surface area contributed by atoms with Gasteiger partial charge in [0.2, 0.25) is 0 Å². The van der Waals surface area contributed by atoms with Gasteiger partial charge in [0, 0.05) is 29.2 Å². The molecule has 0 spiro atoms. The molecule has 1 aromatic heterocycles. The molecule has 9 heteroatoms. The first-order chi connectivity index (χ1) is 18.8. The van der Waals surface area contributed by atoms with E-state index in [-0.39, 0.29) is 5.97 Å². The van der Waals surface area contributed by atoms with Crippen molar-refractivity contribution in [1.82, 2.24) is 10.5 Å². The lowest BCUT2D eigenvalue weighted by atomic mass is 9.75. The summed E-state index contributed by atoms with van der Waals surface area (Å²) in [5.74, 6) is 0.196. The van der Waals surface area contributed by atoms with E-state index in [9.17, 15) is 9.59 Å². The van der Waals surface area contributed by atoms with Crippen LogP contribution in [0, 0.1) is 6.92 Å². The first kappa shape index (κ1) is 26.5. The fourth-order valence-corrected chi connectivity index (χ4v) is 5.00. The number of methoxy groups -OCH3 is 1. The molecule has 1 aliphatic rings. The molecular formula is C30H28ClN3O5. The number of nitrogens with zero attached hydrogens (tertiary/aromatic N) is 1. The van der Waals surface area contributed by atoms with Gasteiger partial charge in [-0.1, -0.05) is 83.5 Å². The van der Waals surface area contributed by atoms with Crippen molar-refractivity contribution in [2.24, 2.45) is 0 Å². The third-order valence-electron chi connectivity index (χ3n) is 7.06. The van der Waals surface area contributed by atoms with Gasteiger partial charge in [-0.3, -0.25) is 10.1 Å². The molecule has 0 aliphatic carbocycles. The highest BCUT2D eigenvalue weighted by Crippen LogP contribution is 2.35. The second-order valence-electron chi connectivity index (χ2n) is 9.50. The highest BCUT2D eigenvalue weighted by atomic mass is 35.5. The lowest BCUT2D eigenvalue weighted by Gasteiger charge is -2.40. The van der Waals surface area contributed by atoms with E-state index >= 15 is 0 Å². The Morgan fingerprint density at radius 3 is 2.21 bits per heavy atom. The number of hydrogen-bond donors (Lipinski definition) is 2. The smallest absolute Gasteiger partial charge is 0.412 e. The highest BCUT2D eigenvalue weighted by Gasteiger charge is 2.47. The number of nitrogens with one attached hydrogen (secondary N) is 2. The molecule has 4 aromatic rings. The van der Waals surface area contributed by atoms with Crippen LogP contribution in [0.5, 0.6) is 0 Å². The van der Waals surface area contributed by atoms with Crippen LogP contribution in [0.4, 0.5) is 10.5 Å². The quantitative estimate of drug-likeness (QED) is 0.263. The summed E-state index contributed by atoms with van der Waals surface area (Å²) < 4.78 is 16.1. The summed E-state index contributed by atoms with van der Waals surface area (Å²) in [5.41, 5.74) is 4.71. The van der Waals surface area contributed by atoms with Crippen LogP contribution in [-0.2, 0) is 19.7 Å². The van der Waals surface area contributed by atoms with E-state index in [1.807, 2.05) is 66.7 Å². The molecule has 0 saturated carbocycles. The summed E-state index contributed by atoms with van der Waals surface area (Å²) >= 11 is 6.23. The summed E-state index contributed by atoms with van der Waals surface area (Å²) in [6, 6.07) is 22.9. The second kappa shape index (κ2) is 10.9. The van der Waals surface area contributed by atoms with Gasteiger partial charge in [0.1, 0.15) is 22.9 Å². The van der Waals surface area contributed by atoms with Gasteiger partial charge < -0.3 is 19.3 Å². The minimum atomic E-state index is -0.641. The monoisotopic (exact) mass is 545 g/mol. The summed E-state index contributed by atoms with van der Waals surface area (Å²) in [6.45, 7) is 4.63. The summed E-state index contributed by atoms with van der Waals surface area (Å²) in [7, 11) is 1.42. The van der Waals surface area contributed by atoms with Crippen LogP contribution in [0.15, 0.2) is 77.3 Å². The highest BCUT2D eigenvalue weighted by molar-refractivity contribution is 6.31. The number of ether oxygens (including phenoxy) is 2. The van der Waals surface area contributed by atoms with Crippen molar-refractivity contribution in [3.05, 3.63) is 94.6 Å². The second-order valence-corrected chi connectivity index (χ2v) is 9.91. The van der Waals surface area contributed by atoms with Crippen LogP contribution >= 0.6 is 11.6 Å². The molecule has 5 rings (SSSR count). The number of hydrogen-bond acceptors (Lipinski definition) is 7. The Kier molecular flexibility index (Phi) is 7.41. The molecule has 200 valence electrons. The zero-order valence-electron chi connectivity index (χ0n) is 21.8. The number of aryl methyl sites for hydroxylation is 1. The number of halogens is 1. The fourth-order valence-electron chi connectivity index (χ4n) is 4.71. The normalized spacial score (nSPS) is 14.7. The molecule has 0 bridgehead atoms. The number of anilines is 1. The number of aromatic nitrogens is 1. The molecule has 3 aromatic carbocycles. The van der Waals surface area contributed by atoms with Gasteiger partial charge >= 0.3 is 12.1 Å². The maximum atomic E-state index is 12.7. The molecule has 1 unspecified atom stereocenters. The molecule has 39 heavy (non-hydrogen) atoms. The molecule has 0 radical (unpaired) electrons. The topological polar surface area (TPSA) is 103 Å². The van der Waals surface area contributed by atoms with E-state index in [1.54, 1.807) is 19.9 Å². The van der Waals surface area contributed by atoms with Crippen molar-refractivity contribution in [3.63, 3.8) is 0 Å². The van der Waals surface area contributed by atoms with Gasteiger partial charge in [0.25, 0.3) is 0 Å². The summed E-state index contributed by atoms with van der Waals surface area (Å²) in [4.78, 5) is 25.0. The van der Waals surface area contributed by atoms with Crippen LogP contribution < -0.4 is 10.6 Å². The van der Waals surface area contributed by atoms with E-state index < -0.39 is 17.6 Å². The van der Waals surface area contributed by atoms with Gasteiger partial charge in [0.15, 0.2) is 5.76 Å². The summed E-state index contributed by atoms with van der Waals surface area (Å²) in [6.07, 6.45) is -1.19. The van der Waals surface area contributed by atoms with E-state index in [4.69, 9.17) is 25.6 Å². The van der Waals surface area contributed by atoms with Crippen molar-refractivity contribution in [2.45, 2.75) is 25.4 Å². The predicted molar refractivity (Wildman–Crippen MR) is 149 cm³/mol. The number of benzene rings is 3. The fraction of sp³-hybridized carbons (Fsp3) is 0.233. The first-order valence-electron chi connectivity index (χ1n) is 12.5. The molecule has 1 atom stereocenters. The minimum Gasteiger partial charge on any atom is -0.468 e. The molecule has 1 amide bonds.